The van der Waals surface area contributed by atoms with E-state index in [1.807, 2.05) is 43.3 Å². The lowest BCUT2D eigenvalue weighted by atomic mass is 10.1. The third kappa shape index (κ3) is 3.67. The Morgan fingerprint density at radius 1 is 1.12 bits per heavy atom. The Bertz CT molecular complexity index is 741. The molecule has 1 aliphatic heterocycles. The maximum Gasteiger partial charge on any atom is 0.251 e. The van der Waals surface area contributed by atoms with Crippen LogP contribution in [0.4, 0.5) is 5.69 Å². The van der Waals surface area contributed by atoms with Gasteiger partial charge in [0.1, 0.15) is 0 Å². The van der Waals surface area contributed by atoms with Gasteiger partial charge in [-0.2, -0.15) is 0 Å². The van der Waals surface area contributed by atoms with Crippen molar-refractivity contribution in [1.82, 2.24) is 5.32 Å². The standard InChI is InChI=1S/C19H19BrN2O2/c1-13(14-4-8-16(20)9-5-14)21-19(24)15-6-10-17(11-7-15)22-12-2-3-18(22)23/h4-11,13H,2-3,12H2,1H3,(H,21,24). The molecular formula is C19H19BrN2O2. The van der Waals surface area contributed by atoms with E-state index in [2.05, 4.69) is 21.2 Å². The second-order valence-electron chi connectivity index (χ2n) is 5.94. The number of nitrogens with one attached hydrogen (secondary N) is 1. The molecular weight excluding hydrogens is 368 g/mol. The summed E-state index contributed by atoms with van der Waals surface area (Å²) < 4.78 is 1.01. The van der Waals surface area contributed by atoms with E-state index in [0.717, 1.165) is 28.7 Å². The summed E-state index contributed by atoms with van der Waals surface area (Å²) >= 11 is 3.41. The third-order valence-corrected chi connectivity index (χ3v) is 4.76. The van der Waals surface area contributed by atoms with E-state index < -0.39 is 0 Å². The smallest absolute Gasteiger partial charge is 0.251 e. The van der Waals surface area contributed by atoms with E-state index in [-0.39, 0.29) is 17.9 Å². The molecule has 1 atom stereocenters. The Hall–Kier alpha value is -2.14. The Balaban J connectivity index is 1.66. The number of nitrogens with zero attached hydrogens (tertiary/aromatic N) is 1. The van der Waals surface area contributed by atoms with Crippen LogP contribution in [0.3, 0.4) is 0 Å². The summed E-state index contributed by atoms with van der Waals surface area (Å²) in [4.78, 5) is 25.9. The molecule has 0 aliphatic carbocycles. The van der Waals surface area contributed by atoms with Crippen molar-refractivity contribution in [3.63, 3.8) is 0 Å². The van der Waals surface area contributed by atoms with Crippen LogP contribution in [0, 0.1) is 0 Å². The summed E-state index contributed by atoms with van der Waals surface area (Å²) in [5, 5.41) is 2.99. The molecule has 4 nitrogen and oxygen atoms in total. The zero-order chi connectivity index (χ0) is 17.1. The zero-order valence-electron chi connectivity index (χ0n) is 13.5. The molecule has 2 aromatic rings. The Morgan fingerprint density at radius 3 is 2.38 bits per heavy atom. The highest BCUT2D eigenvalue weighted by Gasteiger charge is 2.21. The summed E-state index contributed by atoms with van der Waals surface area (Å²) in [5.74, 6) is 0.0285. The largest absolute Gasteiger partial charge is 0.346 e. The topological polar surface area (TPSA) is 49.4 Å². The highest BCUT2D eigenvalue weighted by Crippen LogP contribution is 2.22. The molecule has 0 saturated carbocycles. The summed E-state index contributed by atoms with van der Waals surface area (Å²) in [6.07, 6.45) is 1.50. The van der Waals surface area contributed by atoms with Gasteiger partial charge in [-0.05, 0) is 55.3 Å². The van der Waals surface area contributed by atoms with Crippen molar-refractivity contribution in [3.8, 4) is 0 Å². The lowest BCUT2D eigenvalue weighted by molar-refractivity contribution is -0.117. The first-order valence-electron chi connectivity index (χ1n) is 8.01. The van der Waals surface area contributed by atoms with Crippen molar-refractivity contribution in [3.05, 3.63) is 64.1 Å². The van der Waals surface area contributed by atoms with E-state index in [1.54, 1.807) is 17.0 Å². The number of carbonyl (C=O) groups is 2. The maximum absolute atomic E-state index is 12.4. The highest BCUT2D eigenvalue weighted by molar-refractivity contribution is 9.10. The summed E-state index contributed by atoms with van der Waals surface area (Å²) in [7, 11) is 0. The fourth-order valence-electron chi connectivity index (χ4n) is 2.83. The molecule has 0 aromatic heterocycles. The minimum Gasteiger partial charge on any atom is -0.346 e. The molecule has 0 spiro atoms. The van der Waals surface area contributed by atoms with Crippen LogP contribution >= 0.6 is 15.9 Å². The number of hydrogen-bond donors (Lipinski definition) is 1. The number of hydrogen-bond acceptors (Lipinski definition) is 2. The van der Waals surface area contributed by atoms with Gasteiger partial charge in [-0.15, -0.1) is 0 Å². The van der Waals surface area contributed by atoms with Crippen LogP contribution in [0.1, 0.15) is 41.7 Å². The highest BCUT2D eigenvalue weighted by atomic mass is 79.9. The number of benzene rings is 2. The molecule has 1 fully saturated rings. The second-order valence-corrected chi connectivity index (χ2v) is 6.86. The Kier molecular flexibility index (Phi) is 5.00. The molecule has 0 bridgehead atoms. The molecule has 24 heavy (non-hydrogen) atoms. The number of anilines is 1. The van der Waals surface area contributed by atoms with Gasteiger partial charge in [-0.1, -0.05) is 28.1 Å². The SMILES string of the molecule is CC(NC(=O)c1ccc(N2CCCC2=O)cc1)c1ccc(Br)cc1. The average molecular weight is 387 g/mol. The van der Waals surface area contributed by atoms with Crippen molar-refractivity contribution < 1.29 is 9.59 Å². The van der Waals surface area contributed by atoms with Crippen LogP contribution in [-0.2, 0) is 4.79 Å². The minimum atomic E-state index is -0.121. The second kappa shape index (κ2) is 7.18. The van der Waals surface area contributed by atoms with E-state index in [9.17, 15) is 9.59 Å². The lowest BCUT2D eigenvalue weighted by Gasteiger charge is -2.17. The van der Waals surface area contributed by atoms with Crippen LogP contribution in [-0.4, -0.2) is 18.4 Å². The summed E-state index contributed by atoms with van der Waals surface area (Å²) in [6, 6.07) is 15.0. The third-order valence-electron chi connectivity index (χ3n) is 4.23. The van der Waals surface area contributed by atoms with Gasteiger partial charge in [-0.25, -0.2) is 0 Å². The monoisotopic (exact) mass is 386 g/mol. The minimum absolute atomic E-state index is 0.0783. The Labute approximate surface area is 150 Å². The Morgan fingerprint density at radius 2 is 1.79 bits per heavy atom. The fraction of sp³-hybridized carbons (Fsp3) is 0.263. The van der Waals surface area contributed by atoms with Crippen LogP contribution in [0.2, 0.25) is 0 Å². The first-order chi connectivity index (χ1) is 11.5. The molecule has 5 heteroatoms. The van der Waals surface area contributed by atoms with Gasteiger partial charge in [0.25, 0.3) is 5.91 Å². The summed E-state index contributed by atoms with van der Waals surface area (Å²) in [6.45, 7) is 2.71. The van der Waals surface area contributed by atoms with Gasteiger partial charge in [0.2, 0.25) is 5.91 Å². The van der Waals surface area contributed by atoms with Gasteiger partial charge in [0, 0.05) is 28.7 Å². The van der Waals surface area contributed by atoms with E-state index in [0.29, 0.717) is 12.0 Å². The zero-order valence-corrected chi connectivity index (χ0v) is 15.0. The van der Waals surface area contributed by atoms with Crippen molar-refractivity contribution >= 4 is 33.4 Å². The molecule has 1 N–H and O–H groups in total. The number of halogens is 1. The molecule has 3 rings (SSSR count). The van der Waals surface area contributed by atoms with Gasteiger partial charge < -0.3 is 10.2 Å². The quantitative estimate of drug-likeness (QED) is 0.860. The molecule has 1 heterocycles. The van der Waals surface area contributed by atoms with Crippen molar-refractivity contribution in [1.29, 1.82) is 0 Å². The van der Waals surface area contributed by atoms with E-state index in [4.69, 9.17) is 0 Å². The first kappa shape index (κ1) is 16.7. The predicted molar refractivity (Wildman–Crippen MR) is 98.1 cm³/mol. The number of rotatable bonds is 4. The summed E-state index contributed by atoms with van der Waals surface area (Å²) in [5.41, 5.74) is 2.50. The average Bonchev–Trinajstić information content (AvgIpc) is 3.01. The maximum atomic E-state index is 12.4. The van der Waals surface area contributed by atoms with Crippen LogP contribution < -0.4 is 10.2 Å². The lowest BCUT2D eigenvalue weighted by Crippen LogP contribution is -2.27. The normalized spacial score (nSPS) is 15.4. The molecule has 1 aliphatic rings. The van der Waals surface area contributed by atoms with Crippen LogP contribution in [0.5, 0.6) is 0 Å². The molecule has 124 valence electrons. The van der Waals surface area contributed by atoms with Crippen molar-refractivity contribution in [2.75, 3.05) is 11.4 Å². The molecule has 1 saturated heterocycles. The van der Waals surface area contributed by atoms with Gasteiger partial charge in [0.15, 0.2) is 0 Å². The predicted octanol–water partition coefficient (Wildman–Crippen LogP) is 4.07. The van der Waals surface area contributed by atoms with Gasteiger partial charge in [0.05, 0.1) is 6.04 Å². The number of amides is 2. The van der Waals surface area contributed by atoms with Gasteiger partial charge >= 0.3 is 0 Å². The molecule has 0 radical (unpaired) electrons. The first-order valence-corrected chi connectivity index (χ1v) is 8.80. The van der Waals surface area contributed by atoms with E-state index in [1.165, 1.54) is 0 Å². The van der Waals surface area contributed by atoms with Crippen LogP contribution in [0.15, 0.2) is 53.0 Å². The van der Waals surface area contributed by atoms with Crippen molar-refractivity contribution in [2.45, 2.75) is 25.8 Å². The van der Waals surface area contributed by atoms with Crippen LogP contribution in [0.25, 0.3) is 0 Å². The fourth-order valence-corrected chi connectivity index (χ4v) is 3.09. The van der Waals surface area contributed by atoms with E-state index >= 15 is 0 Å². The van der Waals surface area contributed by atoms with Gasteiger partial charge in [-0.3, -0.25) is 9.59 Å². The molecule has 1 unspecified atom stereocenters. The molecule has 2 amide bonds. The number of carbonyl (C=O) groups excluding carboxylic acids is 2. The van der Waals surface area contributed by atoms with Crippen molar-refractivity contribution in [2.24, 2.45) is 0 Å². The molecule has 2 aromatic carbocycles.